The van der Waals surface area contributed by atoms with Gasteiger partial charge < -0.3 is 0 Å². The van der Waals surface area contributed by atoms with Gasteiger partial charge in [0, 0.05) is 36.9 Å². The Kier molecular flexibility index (Phi) is 8.01. The van der Waals surface area contributed by atoms with Gasteiger partial charge in [0.2, 0.25) is 0 Å². The fourth-order valence-corrected chi connectivity index (χ4v) is 9.31. The molecule has 4 heteroatoms. The van der Waals surface area contributed by atoms with Gasteiger partial charge in [-0.1, -0.05) is 176 Å². The fraction of sp³-hybridized carbons (Fsp3) is 0. The van der Waals surface area contributed by atoms with Crippen LogP contribution < -0.4 is 0 Å². The normalized spacial score (nSPS) is 11.5. The highest BCUT2D eigenvalue weighted by Gasteiger charge is 2.18. The molecule has 266 valence electrons. The Labute approximate surface area is 334 Å². The van der Waals surface area contributed by atoms with E-state index in [1.807, 2.05) is 0 Å². The zero-order valence-corrected chi connectivity index (χ0v) is 31.6. The van der Waals surface area contributed by atoms with Gasteiger partial charge in [0.1, 0.15) is 0 Å². The van der Waals surface area contributed by atoms with E-state index in [0.717, 1.165) is 44.2 Å². The molecule has 0 aliphatic heterocycles. The second-order valence-corrected chi connectivity index (χ2v) is 15.4. The Morgan fingerprint density at radius 3 is 1.65 bits per heavy atom. The zero-order chi connectivity index (χ0) is 37.7. The summed E-state index contributed by atoms with van der Waals surface area (Å²) in [6.45, 7) is 0. The first-order chi connectivity index (χ1) is 28.2. The number of thiophene rings is 1. The van der Waals surface area contributed by atoms with Crippen LogP contribution >= 0.6 is 11.3 Å². The Balaban J connectivity index is 1.08. The molecule has 9 aromatic carbocycles. The molecule has 0 fully saturated rings. The van der Waals surface area contributed by atoms with Gasteiger partial charge >= 0.3 is 0 Å². The van der Waals surface area contributed by atoms with Crippen LogP contribution in [0.15, 0.2) is 200 Å². The smallest absolute Gasteiger partial charge is 0.165 e. The minimum Gasteiger partial charge on any atom is -0.208 e. The van der Waals surface area contributed by atoms with Gasteiger partial charge in [-0.15, -0.1) is 11.3 Å². The highest BCUT2D eigenvalue weighted by Crippen LogP contribution is 2.40. The molecular formula is C53H33N3S. The molecule has 0 radical (unpaired) electrons. The van der Waals surface area contributed by atoms with Crippen LogP contribution in [0.3, 0.4) is 0 Å². The van der Waals surface area contributed by atoms with Gasteiger partial charge in [-0.25, -0.2) is 15.0 Å². The summed E-state index contributed by atoms with van der Waals surface area (Å²) < 4.78 is 2.42. The third kappa shape index (κ3) is 5.95. The SMILES string of the molecule is c1ccc(-c2cccc(-c3ccc4cccc(-c5nc(-c6ccc(-c7cccc8ccccc78)cc6)nc(-c6cccc7c6sc6ccccc67)n5)c4c3)c2)cc1. The molecule has 0 spiro atoms. The average molecular weight is 744 g/mol. The van der Waals surface area contributed by atoms with Crippen LogP contribution in [-0.4, -0.2) is 15.0 Å². The Morgan fingerprint density at radius 1 is 0.281 bits per heavy atom. The van der Waals surface area contributed by atoms with Gasteiger partial charge in [-0.3, -0.25) is 0 Å². The van der Waals surface area contributed by atoms with Crippen molar-refractivity contribution >= 4 is 53.1 Å². The van der Waals surface area contributed by atoms with Crippen LogP contribution in [0.4, 0.5) is 0 Å². The summed E-state index contributed by atoms with van der Waals surface area (Å²) in [5, 5.41) is 7.14. The van der Waals surface area contributed by atoms with E-state index >= 15 is 0 Å². The molecule has 11 aromatic rings. The predicted molar refractivity (Wildman–Crippen MR) is 240 cm³/mol. The summed E-state index contributed by atoms with van der Waals surface area (Å²) >= 11 is 1.79. The Bertz CT molecular complexity index is 3290. The summed E-state index contributed by atoms with van der Waals surface area (Å²) in [7, 11) is 0. The summed E-state index contributed by atoms with van der Waals surface area (Å²) in [6, 6.07) is 71.1. The number of rotatable bonds is 6. The van der Waals surface area contributed by atoms with Crippen molar-refractivity contribution in [1.82, 2.24) is 15.0 Å². The summed E-state index contributed by atoms with van der Waals surface area (Å²) in [6.07, 6.45) is 0. The minimum absolute atomic E-state index is 0.640. The van der Waals surface area contributed by atoms with Crippen molar-refractivity contribution in [2.45, 2.75) is 0 Å². The quantitative estimate of drug-likeness (QED) is 0.170. The molecule has 2 heterocycles. The molecule has 0 aliphatic rings. The molecule has 0 saturated heterocycles. The van der Waals surface area contributed by atoms with Gasteiger partial charge in [0.25, 0.3) is 0 Å². The van der Waals surface area contributed by atoms with E-state index in [2.05, 4.69) is 200 Å². The summed E-state index contributed by atoms with van der Waals surface area (Å²) in [5.41, 5.74) is 9.95. The Morgan fingerprint density at radius 2 is 0.807 bits per heavy atom. The minimum atomic E-state index is 0.640. The third-order valence-corrected chi connectivity index (χ3v) is 12.2. The molecular weight excluding hydrogens is 711 g/mol. The lowest BCUT2D eigenvalue weighted by molar-refractivity contribution is 1.08. The molecule has 2 aromatic heterocycles. The van der Waals surface area contributed by atoms with Crippen LogP contribution in [0.5, 0.6) is 0 Å². The molecule has 57 heavy (non-hydrogen) atoms. The highest BCUT2D eigenvalue weighted by atomic mass is 32.1. The standard InChI is InChI=1S/C53H33N3S/c1-2-12-34(13-3-1)39-17-8-18-40(32-39)41-31-28-36-16-10-23-46(48(36)33-41)52-54-51(38-29-26-37(27-30-38)43-21-9-15-35-14-4-5-19-42(35)43)55-53(56-52)47-24-11-22-45-44-20-6-7-25-49(44)57-50(45)47/h1-33H. The molecule has 0 aliphatic carbocycles. The average Bonchev–Trinajstić information content (AvgIpc) is 3.68. The van der Waals surface area contributed by atoms with E-state index in [1.165, 1.54) is 47.6 Å². The van der Waals surface area contributed by atoms with E-state index in [9.17, 15) is 0 Å². The molecule has 0 bridgehead atoms. The van der Waals surface area contributed by atoms with Gasteiger partial charge in [-0.05, 0) is 79.2 Å². The van der Waals surface area contributed by atoms with E-state index in [0.29, 0.717) is 17.5 Å². The van der Waals surface area contributed by atoms with Crippen molar-refractivity contribution in [2.75, 3.05) is 0 Å². The van der Waals surface area contributed by atoms with Crippen molar-refractivity contribution in [3.05, 3.63) is 200 Å². The van der Waals surface area contributed by atoms with E-state index in [4.69, 9.17) is 15.0 Å². The van der Waals surface area contributed by atoms with Crippen molar-refractivity contribution in [2.24, 2.45) is 0 Å². The van der Waals surface area contributed by atoms with Gasteiger partial charge in [-0.2, -0.15) is 0 Å². The topological polar surface area (TPSA) is 38.7 Å². The number of nitrogens with zero attached hydrogens (tertiary/aromatic N) is 3. The second kappa shape index (κ2) is 13.8. The van der Waals surface area contributed by atoms with E-state index < -0.39 is 0 Å². The first-order valence-corrected chi connectivity index (χ1v) is 20.0. The van der Waals surface area contributed by atoms with Crippen LogP contribution in [-0.2, 0) is 0 Å². The maximum absolute atomic E-state index is 5.31. The maximum atomic E-state index is 5.31. The van der Waals surface area contributed by atoms with Crippen LogP contribution in [0.2, 0.25) is 0 Å². The van der Waals surface area contributed by atoms with Crippen LogP contribution in [0.25, 0.3) is 109 Å². The van der Waals surface area contributed by atoms with Gasteiger partial charge in [0.05, 0.1) is 0 Å². The largest absolute Gasteiger partial charge is 0.208 e. The lowest BCUT2D eigenvalue weighted by Gasteiger charge is -2.13. The van der Waals surface area contributed by atoms with Crippen LogP contribution in [0.1, 0.15) is 0 Å². The van der Waals surface area contributed by atoms with Crippen molar-refractivity contribution in [3.63, 3.8) is 0 Å². The summed E-state index contributed by atoms with van der Waals surface area (Å²) in [5.74, 6) is 1.95. The van der Waals surface area contributed by atoms with E-state index in [-0.39, 0.29) is 0 Å². The first kappa shape index (κ1) is 33.1. The highest BCUT2D eigenvalue weighted by molar-refractivity contribution is 7.26. The van der Waals surface area contributed by atoms with Crippen molar-refractivity contribution in [3.8, 4) is 67.5 Å². The molecule has 0 atom stereocenters. The second-order valence-electron chi connectivity index (χ2n) is 14.4. The fourth-order valence-electron chi connectivity index (χ4n) is 8.10. The lowest BCUT2D eigenvalue weighted by atomic mass is 9.95. The maximum Gasteiger partial charge on any atom is 0.165 e. The number of fused-ring (bicyclic) bond motifs is 5. The lowest BCUT2D eigenvalue weighted by Crippen LogP contribution is -2.01. The number of aromatic nitrogens is 3. The van der Waals surface area contributed by atoms with Crippen LogP contribution in [0, 0.1) is 0 Å². The predicted octanol–water partition coefficient (Wildman–Crippen LogP) is 14.5. The number of hydrogen-bond donors (Lipinski definition) is 0. The molecule has 0 amide bonds. The van der Waals surface area contributed by atoms with Crippen molar-refractivity contribution < 1.29 is 0 Å². The first-order valence-electron chi connectivity index (χ1n) is 19.2. The van der Waals surface area contributed by atoms with Gasteiger partial charge in [0.15, 0.2) is 17.5 Å². The summed E-state index contributed by atoms with van der Waals surface area (Å²) in [4.78, 5) is 15.8. The van der Waals surface area contributed by atoms with Crippen molar-refractivity contribution in [1.29, 1.82) is 0 Å². The molecule has 0 unspecified atom stereocenters. The number of benzene rings is 9. The third-order valence-electron chi connectivity index (χ3n) is 11.0. The molecule has 3 nitrogen and oxygen atoms in total. The van der Waals surface area contributed by atoms with E-state index in [1.54, 1.807) is 11.3 Å². The molecule has 11 rings (SSSR count). The Hall–Kier alpha value is -7.27. The number of hydrogen-bond acceptors (Lipinski definition) is 4. The zero-order valence-electron chi connectivity index (χ0n) is 30.8. The monoisotopic (exact) mass is 743 g/mol. The molecule has 0 N–H and O–H groups in total. The molecule has 0 saturated carbocycles.